The molecule has 1 aromatic carbocycles. The molecule has 0 aromatic heterocycles. The molecule has 0 bridgehead atoms. The zero-order chi connectivity index (χ0) is 15.3. The number of hydrogen-bond donors (Lipinski definition) is 2. The van der Waals surface area contributed by atoms with Crippen molar-refractivity contribution in [2.75, 3.05) is 18.1 Å². The van der Waals surface area contributed by atoms with Crippen LogP contribution in [0.15, 0.2) is 24.3 Å². The van der Waals surface area contributed by atoms with Crippen LogP contribution < -0.4 is 10.2 Å². The summed E-state index contributed by atoms with van der Waals surface area (Å²) in [4.78, 5) is 2.42. The van der Waals surface area contributed by atoms with Crippen LogP contribution in [0.2, 0.25) is 0 Å². The minimum absolute atomic E-state index is 0.113. The number of rotatable bonds is 6. The van der Waals surface area contributed by atoms with Gasteiger partial charge in [-0.25, -0.2) is 0 Å². The summed E-state index contributed by atoms with van der Waals surface area (Å²) in [5.74, 6) is 0. The Bertz CT molecular complexity index is 433. The molecule has 0 atom stereocenters. The van der Waals surface area contributed by atoms with Crippen molar-refractivity contribution in [2.24, 2.45) is 0 Å². The summed E-state index contributed by atoms with van der Waals surface area (Å²) in [5.41, 5.74) is 2.73. The summed E-state index contributed by atoms with van der Waals surface area (Å²) in [6.45, 7) is 8.40. The molecule has 0 heterocycles. The highest BCUT2D eigenvalue weighted by Gasteiger charge is 2.24. The molecule has 0 aliphatic heterocycles. The number of nitrogens with one attached hydrogen (secondary N) is 1. The quantitative estimate of drug-likeness (QED) is 0.843. The lowest BCUT2D eigenvalue weighted by Gasteiger charge is -2.33. The molecule has 1 fully saturated rings. The molecule has 0 amide bonds. The molecule has 0 spiro atoms. The van der Waals surface area contributed by atoms with E-state index in [2.05, 4.69) is 55.3 Å². The molecule has 3 heteroatoms. The normalized spacial score (nSPS) is 16.4. The Balaban J connectivity index is 2.18. The zero-order valence-electron chi connectivity index (χ0n) is 13.7. The Hall–Kier alpha value is -1.06. The first kappa shape index (κ1) is 16.3. The van der Waals surface area contributed by atoms with Gasteiger partial charge in [0.05, 0.1) is 6.61 Å². The number of hydrogen-bond acceptors (Lipinski definition) is 3. The van der Waals surface area contributed by atoms with E-state index in [0.717, 1.165) is 13.1 Å². The molecule has 21 heavy (non-hydrogen) atoms. The third kappa shape index (κ3) is 4.72. The maximum Gasteiger partial charge on any atom is 0.0606 e. The van der Waals surface area contributed by atoms with Gasteiger partial charge in [0.1, 0.15) is 0 Å². The SMILES string of the molecule is CC(C)(C)NCc1ccccc1N(CCO)C1CCCC1. The first-order chi connectivity index (χ1) is 10.0. The summed E-state index contributed by atoms with van der Waals surface area (Å²) in [7, 11) is 0. The van der Waals surface area contributed by atoms with Gasteiger partial charge in [0.25, 0.3) is 0 Å². The second-order valence-electron chi connectivity index (χ2n) is 7.09. The fourth-order valence-electron chi connectivity index (χ4n) is 3.12. The van der Waals surface area contributed by atoms with Crippen molar-refractivity contribution in [3.05, 3.63) is 29.8 Å². The lowest BCUT2D eigenvalue weighted by Crippen LogP contribution is -2.38. The van der Waals surface area contributed by atoms with Crippen molar-refractivity contribution in [1.82, 2.24) is 5.32 Å². The third-order valence-corrected chi connectivity index (χ3v) is 4.22. The summed E-state index contributed by atoms with van der Waals surface area (Å²) in [6, 6.07) is 9.21. The Morgan fingerprint density at radius 1 is 1.19 bits per heavy atom. The van der Waals surface area contributed by atoms with Crippen LogP contribution >= 0.6 is 0 Å². The molecule has 0 radical (unpaired) electrons. The summed E-state index contributed by atoms with van der Waals surface area (Å²) in [5, 5.41) is 13.0. The predicted molar refractivity (Wildman–Crippen MR) is 89.7 cm³/mol. The molecule has 2 N–H and O–H groups in total. The fourth-order valence-corrected chi connectivity index (χ4v) is 3.12. The van der Waals surface area contributed by atoms with Crippen LogP contribution in [0.4, 0.5) is 5.69 Å². The van der Waals surface area contributed by atoms with Crippen LogP contribution in [0.25, 0.3) is 0 Å². The number of nitrogens with zero attached hydrogens (tertiary/aromatic N) is 1. The topological polar surface area (TPSA) is 35.5 Å². The molecule has 0 saturated heterocycles. The molecule has 1 aliphatic carbocycles. The monoisotopic (exact) mass is 290 g/mol. The molecule has 118 valence electrons. The summed E-state index contributed by atoms with van der Waals surface area (Å²) in [6.07, 6.45) is 5.13. The summed E-state index contributed by atoms with van der Waals surface area (Å²) >= 11 is 0. The van der Waals surface area contributed by atoms with E-state index in [9.17, 15) is 5.11 Å². The Labute approximate surface area is 129 Å². The van der Waals surface area contributed by atoms with Crippen LogP contribution in [-0.2, 0) is 6.54 Å². The van der Waals surface area contributed by atoms with Gasteiger partial charge in [-0.05, 0) is 45.2 Å². The molecule has 2 rings (SSSR count). The highest BCUT2D eigenvalue weighted by atomic mass is 16.3. The van der Waals surface area contributed by atoms with Gasteiger partial charge in [-0.2, -0.15) is 0 Å². The first-order valence-electron chi connectivity index (χ1n) is 8.22. The van der Waals surface area contributed by atoms with Crippen molar-refractivity contribution in [3.63, 3.8) is 0 Å². The summed E-state index contributed by atoms with van der Waals surface area (Å²) < 4.78 is 0. The maximum absolute atomic E-state index is 9.45. The van der Waals surface area contributed by atoms with E-state index in [1.807, 2.05) is 0 Å². The van der Waals surface area contributed by atoms with E-state index in [-0.39, 0.29) is 12.1 Å². The fraction of sp³-hybridized carbons (Fsp3) is 0.667. The number of aliphatic hydroxyl groups is 1. The predicted octanol–water partition coefficient (Wildman–Crippen LogP) is 3.32. The van der Waals surface area contributed by atoms with E-state index in [1.165, 1.54) is 36.9 Å². The highest BCUT2D eigenvalue weighted by molar-refractivity contribution is 5.54. The Morgan fingerprint density at radius 3 is 2.48 bits per heavy atom. The highest BCUT2D eigenvalue weighted by Crippen LogP contribution is 2.30. The first-order valence-corrected chi connectivity index (χ1v) is 8.22. The molecule has 0 unspecified atom stereocenters. The van der Waals surface area contributed by atoms with Crippen LogP contribution in [0.5, 0.6) is 0 Å². The van der Waals surface area contributed by atoms with Gasteiger partial charge in [-0.1, -0.05) is 31.0 Å². The van der Waals surface area contributed by atoms with Gasteiger partial charge >= 0.3 is 0 Å². The standard InChI is InChI=1S/C18H30N2O/c1-18(2,3)19-14-15-8-4-7-11-17(15)20(12-13-21)16-9-5-6-10-16/h4,7-8,11,16,19,21H,5-6,9-10,12-14H2,1-3H3. The van der Waals surface area contributed by atoms with Crippen molar-refractivity contribution in [1.29, 1.82) is 0 Å². The number of para-hydroxylation sites is 1. The molecular weight excluding hydrogens is 260 g/mol. The number of benzene rings is 1. The van der Waals surface area contributed by atoms with Crippen LogP contribution in [-0.4, -0.2) is 29.8 Å². The minimum Gasteiger partial charge on any atom is -0.395 e. The lowest BCUT2D eigenvalue weighted by atomic mass is 10.1. The van der Waals surface area contributed by atoms with E-state index in [1.54, 1.807) is 0 Å². The average Bonchev–Trinajstić information content (AvgIpc) is 2.96. The van der Waals surface area contributed by atoms with Crippen LogP contribution in [0.3, 0.4) is 0 Å². The third-order valence-electron chi connectivity index (χ3n) is 4.22. The maximum atomic E-state index is 9.45. The molecule has 1 aliphatic rings. The van der Waals surface area contributed by atoms with E-state index >= 15 is 0 Å². The largest absolute Gasteiger partial charge is 0.395 e. The van der Waals surface area contributed by atoms with Crippen molar-refractivity contribution in [2.45, 2.75) is 64.6 Å². The molecule has 3 nitrogen and oxygen atoms in total. The van der Waals surface area contributed by atoms with Gasteiger partial charge in [0.2, 0.25) is 0 Å². The van der Waals surface area contributed by atoms with Gasteiger partial charge in [-0.3, -0.25) is 0 Å². The smallest absolute Gasteiger partial charge is 0.0606 e. The van der Waals surface area contributed by atoms with Crippen LogP contribution in [0, 0.1) is 0 Å². The Morgan fingerprint density at radius 2 is 1.86 bits per heavy atom. The van der Waals surface area contributed by atoms with Gasteiger partial charge < -0.3 is 15.3 Å². The lowest BCUT2D eigenvalue weighted by molar-refractivity contribution is 0.297. The van der Waals surface area contributed by atoms with Gasteiger partial charge in [0.15, 0.2) is 0 Å². The van der Waals surface area contributed by atoms with Crippen molar-refractivity contribution < 1.29 is 5.11 Å². The van der Waals surface area contributed by atoms with E-state index in [4.69, 9.17) is 0 Å². The molecule has 1 saturated carbocycles. The number of anilines is 1. The zero-order valence-corrected chi connectivity index (χ0v) is 13.7. The average molecular weight is 290 g/mol. The van der Waals surface area contributed by atoms with Gasteiger partial charge in [-0.15, -0.1) is 0 Å². The minimum atomic E-state index is 0.113. The second-order valence-corrected chi connectivity index (χ2v) is 7.09. The Kier molecular flexibility index (Phi) is 5.65. The van der Waals surface area contributed by atoms with Gasteiger partial charge in [0, 0.05) is 30.4 Å². The molecule has 1 aromatic rings. The van der Waals surface area contributed by atoms with E-state index < -0.39 is 0 Å². The van der Waals surface area contributed by atoms with Crippen molar-refractivity contribution >= 4 is 5.69 Å². The van der Waals surface area contributed by atoms with E-state index in [0.29, 0.717) is 6.04 Å². The van der Waals surface area contributed by atoms with Crippen LogP contribution in [0.1, 0.15) is 52.0 Å². The second kappa shape index (κ2) is 7.28. The molecular formula is C18H30N2O. The number of aliphatic hydroxyl groups excluding tert-OH is 1. The van der Waals surface area contributed by atoms with Crippen molar-refractivity contribution in [3.8, 4) is 0 Å².